The third-order valence-corrected chi connectivity index (χ3v) is 6.03. The molecule has 1 N–H and O–H groups in total. The topological polar surface area (TPSA) is 66.8 Å². The van der Waals surface area contributed by atoms with Gasteiger partial charge < -0.3 is 9.84 Å². The van der Waals surface area contributed by atoms with Gasteiger partial charge in [-0.05, 0) is 30.2 Å². The fourth-order valence-electron chi connectivity index (χ4n) is 2.82. The van der Waals surface area contributed by atoms with Gasteiger partial charge in [0, 0.05) is 32.0 Å². The average molecular weight is 315 g/mol. The van der Waals surface area contributed by atoms with Crippen LogP contribution < -0.4 is 4.74 Å². The van der Waals surface area contributed by atoms with E-state index >= 15 is 0 Å². The lowest BCUT2D eigenvalue weighted by molar-refractivity contribution is 0.0821. The highest BCUT2D eigenvalue weighted by atomic mass is 32.2. The maximum absolute atomic E-state index is 13.9. The van der Waals surface area contributed by atoms with E-state index in [4.69, 9.17) is 9.84 Å². The largest absolute Gasteiger partial charge is 0.493 e. The van der Waals surface area contributed by atoms with Gasteiger partial charge in [-0.1, -0.05) is 0 Å². The fraction of sp³-hybridized carbons (Fsp3) is 0.571. The number of halogens is 1. The van der Waals surface area contributed by atoms with Crippen molar-refractivity contribution in [1.29, 1.82) is 0 Å². The molecule has 0 aromatic heterocycles. The number of alkyl halides is 1. The molecular formula is C14H18FNO4S. The van der Waals surface area contributed by atoms with Crippen molar-refractivity contribution >= 4 is 10.0 Å². The standard InChI is InChI=1S/C14H18FNO4S/c15-13-8-16(5-3-11(13)9-17)21(18,19)12-1-2-14-10(7-12)4-6-20-14/h1-2,7,11,13,17H,3-6,8-9H2/t11-,13+/m0/s1. The molecule has 0 saturated carbocycles. The molecule has 2 aliphatic heterocycles. The van der Waals surface area contributed by atoms with Crippen LogP contribution >= 0.6 is 0 Å². The van der Waals surface area contributed by atoms with Crippen molar-refractivity contribution in [1.82, 2.24) is 4.31 Å². The number of nitrogens with zero attached hydrogens (tertiary/aromatic N) is 1. The molecular weight excluding hydrogens is 297 g/mol. The number of hydrogen-bond acceptors (Lipinski definition) is 4. The summed E-state index contributed by atoms with van der Waals surface area (Å²) in [6, 6.07) is 4.77. The molecule has 2 atom stereocenters. The average Bonchev–Trinajstić information content (AvgIpc) is 2.94. The summed E-state index contributed by atoms with van der Waals surface area (Å²) in [6.07, 6.45) is -0.293. The second-order valence-corrected chi connectivity index (χ2v) is 7.42. The van der Waals surface area contributed by atoms with Crippen molar-refractivity contribution in [2.75, 3.05) is 26.3 Å². The zero-order chi connectivity index (χ0) is 15.0. The van der Waals surface area contributed by atoms with Gasteiger partial charge in [-0.25, -0.2) is 12.8 Å². The van der Waals surface area contributed by atoms with E-state index in [0.717, 1.165) is 11.3 Å². The maximum atomic E-state index is 13.9. The zero-order valence-corrected chi connectivity index (χ0v) is 12.4. The van der Waals surface area contributed by atoms with E-state index < -0.39 is 22.1 Å². The molecule has 0 radical (unpaired) electrons. The van der Waals surface area contributed by atoms with Crippen LogP contribution in [-0.2, 0) is 16.4 Å². The molecule has 0 aliphatic carbocycles. The van der Waals surface area contributed by atoms with Crippen LogP contribution in [-0.4, -0.2) is 50.3 Å². The first-order valence-electron chi connectivity index (χ1n) is 7.03. The lowest BCUT2D eigenvalue weighted by Crippen LogP contribution is -2.45. The SMILES string of the molecule is O=S(=O)(c1ccc2c(c1)CCO2)N1CC[C@@H](CO)[C@H](F)C1. The molecule has 0 amide bonds. The molecule has 0 bridgehead atoms. The van der Waals surface area contributed by atoms with E-state index in [1.165, 1.54) is 10.4 Å². The highest BCUT2D eigenvalue weighted by molar-refractivity contribution is 7.89. The van der Waals surface area contributed by atoms with Crippen molar-refractivity contribution in [3.63, 3.8) is 0 Å². The highest BCUT2D eigenvalue weighted by Gasteiger charge is 2.35. The zero-order valence-electron chi connectivity index (χ0n) is 11.5. The van der Waals surface area contributed by atoms with E-state index in [-0.39, 0.29) is 24.6 Å². The summed E-state index contributed by atoms with van der Waals surface area (Å²) >= 11 is 0. The number of hydrogen-bond donors (Lipinski definition) is 1. The first-order chi connectivity index (χ1) is 10.0. The van der Waals surface area contributed by atoms with E-state index in [1.807, 2.05) is 0 Å². The van der Waals surface area contributed by atoms with Gasteiger partial charge in [-0.2, -0.15) is 4.31 Å². The third kappa shape index (κ3) is 2.65. The normalized spacial score (nSPS) is 26.4. The van der Waals surface area contributed by atoms with Gasteiger partial charge in [0.15, 0.2) is 0 Å². The smallest absolute Gasteiger partial charge is 0.243 e. The fourth-order valence-corrected chi connectivity index (χ4v) is 4.34. The van der Waals surface area contributed by atoms with Gasteiger partial charge in [-0.15, -0.1) is 0 Å². The second kappa shape index (κ2) is 5.55. The molecule has 0 unspecified atom stereocenters. The number of fused-ring (bicyclic) bond motifs is 1. The number of aliphatic hydroxyl groups excluding tert-OH is 1. The molecule has 7 heteroatoms. The summed E-state index contributed by atoms with van der Waals surface area (Å²) in [6.45, 7) is 0.362. The van der Waals surface area contributed by atoms with Crippen LogP contribution in [0, 0.1) is 5.92 Å². The molecule has 1 fully saturated rings. The number of aliphatic hydroxyl groups is 1. The number of sulfonamides is 1. The van der Waals surface area contributed by atoms with Crippen LogP contribution in [0.25, 0.3) is 0 Å². The molecule has 2 heterocycles. The first kappa shape index (κ1) is 14.7. The van der Waals surface area contributed by atoms with Crippen LogP contribution in [0.15, 0.2) is 23.1 Å². The number of ether oxygens (including phenoxy) is 1. The Morgan fingerprint density at radius 1 is 1.43 bits per heavy atom. The molecule has 21 heavy (non-hydrogen) atoms. The van der Waals surface area contributed by atoms with Crippen molar-refractivity contribution in [2.24, 2.45) is 5.92 Å². The van der Waals surface area contributed by atoms with Crippen LogP contribution in [0.2, 0.25) is 0 Å². The minimum atomic E-state index is -3.69. The predicted molar refractivity (Wildman–Crippen MR) is 74.5 cm³/mol. The van der Waals surface area contributed by atoms with Crippen LogP contribution in [0.3, 0.4) is 0 Å². The minimum Gasteiger partial charge on any atom is -0.493 e. The van der Waals surface area contributed by atoms with Gasteiger partial charge in [0.1, 0.15) is 11.9 Å². The van der Waals surface area contributed by atoms with Gasteiger partial charge in [0.05, 0.1) is 11.5 Å². The lowest BCUT2D eigenvalue weighted by Gasteiger charge is -2.33. The summed E-state index contributed by atoms with van der Waals surface area (Å²) in [4.78, 5) is 0.182. The Labute approximate surface area is 123 Å². The Bertz CT molecular complexity index is 634. The first-order valence-corrected chi connectivity index (χ1v) is 8.47. The molecule has 5 nitrogen and oxygen atoms in total. The Morgan fingerprint density at radius 2 is 2.24 bits per heavy atom. The summed E-state index contributed by atoms with van der Waals surface area (Å²) in [7, 11) is -3.69. The summed E-state index contributed by atoms with van der Waals surface area (Å²) in [5.41, 5.74) is 0.873. The number of piperidine rings is 1. The molecule has 1 saturated heterocycles. The number of rotatable bonds is 3. The van der Waals surface area contributed by atoms with Gasteiger partial charge >= 0.3 is 0 Å². The molecule has 0 spiro atoms. The monoisotopic (exact) mass is 315 g/mol. The van der Waals surface area contributed by atoms with E-state index in [1.54, 1.807) is 12.1 Å². The van der Waals surface area contributed by atoms with Gasteiger partial charge in [-0.3, -0.25) is 0 Å². The molecule has 116 valence electrons. The molecule has 1 aromatic carbocycles. The maximum Gasteiger partial charge on any atom is 0.243 e. The summed E-state index contributed by atoms with van der Waals surface area (Å²) < 4.78 is 45.6. The minimum absolute atomic E-state index is 0.182. The number of benzene rings is 1. The highest BCUT2D eigenvalue weighted by Crippen LogP contribution is 2.30. The van der Waals surface area contributed by atoms with Crippen LogP contribution in [0.1, 0.15) is 12.0 Å². The van der Waals surface area contributed by atoms with Crippen molar-refractivity contribution < 1.29 is 22.7 Å². The van der Waals surface area contributed by atoms with Crippen molar-refractivity contribution in [3.8, 4) is 5.75 Å². The molecule has 3 rings (SSSR count). The molecule has 2 aliphatic rings. The van der Waals surface area contributed by atoms with Crippen LogP contribution in [0.4, 0.5) is 4.39 Å². The quantitative estimate of drug-likeness (QED) is 0.902. The van der Waals surface area contributed by atoms with E-state index in [9.17, 15) is 12.8 Å². The van der Waals surface area contributed by atoms with Crippen molar-refractivity contribution in [2.45, 2.75) is 23.9 Å². The van der Waals surface area contributed by atoms with Crippen molar-refractivity contribution in [3.05, 3.63) is 23.8 Å². The van der Waals surface area contributed by atoms with Gasteiger partial charge in [0.25, 0.3) is 0 Å². The Morgan fingerprint density at radius 3 is 2.95 bits per heavy atom. The van der Waals surface area contributed by atoms with E-state index in [2.05, 4.69) is 0 Å². The van der Waals surface area contributed by atoms with Gasteiger partial charge in [0.2, 0.25) is 10.0 Å². The Balaban J connectivity index is 1.84. The Hall–Kier alpha value is -1.18. The summed E-state index contributed by atoms with van der Waals surface area (Å²) in [5, 5.41) is 9.05. The van der Waals surface area contributed by atoms with E-state index in [0.29, 0.717) is 19.4 Å². The Kier molecular flexibility index (Phi) is 3.90. The molecule has 1 aromatic rings. The summed E-state index contributed by atoms with van der Waals surface area (Å²) in [5.74, 6) is 0.251. The third-order valence-electron chi connectivity index (χ3n) is 4.17. The second-order valence-electron chi connectivity index (χ2n) is 5.48. The van der Waals surface area contributed by atoms with Crippen LogP contribution in [0.5, 0.6) is 5.75 Å². The lowest BCUT2D eigenvalue weighted by atomic mass is 9.97. The predicted octanol–water partition coefficient (Wildman–Crippen LogP) is 0.963.